The first-order chi connectivity index (χ1) is 31.2. The number of hydrogen-bond donors (Lipinski definition) is 1. The average molecular weight is 803 g/mol. The van der Waals surface area contributed by atoms with E-state index in [-0.39, 0.29) is 5.84 Å². The summed E-state index contributed by atoms with van der Waals surface area (Å²) >= 11 is 0. The predicted molar refractivity (Wildman–Crippen MR) is 265 cm³/mol. The van der Waals surface area contributed by atoms with Crippen LogP contribution in [0.2, 0.25) is 0 Å². The summed E-state index contributed by atoms with van der Waals surface area (Å²) in [5, 5.41) is 13.8. The molecule has 0 unspecified atom stereocenters. The molecule has 0 aromatic heterocycles. The molecule has 296 valence electrons. The van der Waals surface area contributed by atoms with Crippen LogP contribution in [0.1, 0.15) is 38.9 Å². The molecule has 0 saturated heterocycles. The first kappa shape index (κ1) is 37.8. The Morgan fingerprint density at radius 3 is 1.67 bits per heavy atom. The minimum absolute atomic E-state index is 0.220. The zero-order chi connectivity index (χ0) is 42.2. The monoisotopic (exact) mass is 802 g/mol. The van der Waals surface area contributed by atoms with E-state index in [2.05, 4.69) is 212 Å². The van der Waals surface area contributed by atoms with Gasteiger partial charge in [-0.25, -0.2) is 4.99 Å². The summed E-state index contributed by atoms with van der Waals surface area (Å²) in [5.74, 6) is 0.220. The van der Waals surface area contributed by atoms with Gasteiger partial charge in [-0.2, -0.15) is 0 Å². The number of aliphatic imine (C=N–C) groups is 1. The van der Waals surface area contributed by atoms with E-state index < -0.39 is 5.41 Å². The molecule has 0 atom stereocenters. The van der Waals surface area contributed by atoms with Gasteiger partial charge in [0.05, 0.1) is 11.1 Å². The van der Waals surface area contributed by atoms with E-state index in [1.165, 1.54) is 60.7 Å². The Bertz CT molecular complexity index is 3330. The SMILES string of the molecule is N=C(N=C(/C=C/c1ccc(-c2ccc3c(c2)-c2c(ccc4ccccc24)C3(c2ccccc2)c2ccccc2)c2ccccc12)c1ccc(-c2ccccc2)cc1)c1ccccc1. The van der Waals surface area contributed by atoms with Crippen molar-refractivity contribution in [1.82, 2.24) is 0 Å². The van der Waals surface area contributed by atoms with Crippen molar-refractivity contribution in [2.75, 3.05) is 0 Å². The highest BCUT2D eigenvalue weighted by molar-refractivity contribution is 6.18. The van der Waals surface area contributed by atoms with Gasteiger partial charge >= 0.3 is 0 Å². The second-order valence-corrected chi connectivity index (χ2v) is 16.2. The Balaban J connectivity index is 1.04. The van der Waals surface area contributed by atoms with Crippen LogP contribution in [0.25, 0.3) is 61.0 Å². The van der Waals surface area contributed by atoms with Crippen LogP contribution in [-0.4, -0.2) is 11.5 Å². The summed E-state index contributed by atoms with van der Waals surface area (Å²) in [6.45, 7) is 0. The average Bonchev–Trinajstić information content (AvgIpc) is 3.67. The van der Waals surface area contributed by atoms with Crippen molar-refractivity contribution in [3.63, 3.8) is 0 Å². The summed E-state index contributed by atoms with van der Waals surface area (Å²) in [6.07, 6.45) is 4.20. The molecule has 0 heterocycles. The highest BCUT2D eigenvalue weighted by Crippen LogP contribution is 2.58. The maximum atomic E-state index is 8.97. The molecule has 11 rings (SSSR count). The van der Waals surface area contributed by atoms with Gasteiger partial charge in [0, 0.05) is 11.1 Å². The smallest absolute Gasteiger partial charge is 0.152 e. The van der Waals surface area contributed by atoms with E-state index in [0.29, 0.717) is 0 Å². The third kappa shape index (κ3) is 6.61. The summed E-state index contributed by atoms with van der Waals surface area (Å²) in [5.41, 5.74) is 15.4. The van der Waals surface area contributed by atoms with Crippen molar-refractivity contribution in [2.45, 2.75) is 5.41 Å². The maximum Gasteiger partial charge on any atom is 0.152 e. The summed E-state index contributed by atoms with van der Waals surface area (Å²) < 4.78 is 0. The van der Waals surface area contributed by atoms with Crippen LogP contribution in [-0.2, 0) is 5.41 Å². The summed E-state index contributed by atoms with van der Waals surface area (Å²) in [4.78, 5) is 4.92. The molecule has 0 bridgehead atoms. The molecular weight excluding hydrogens is 761 g/mol. The van der Waals surface area contributed by atoms with Gasteiger partial charge in [0.1, 0.15) is 0 Å². The Labute approximate surface area is 368 Å². The van der Waals surface area contributed by atoms with E-state index >= 15 is 0 Å². The first-order valence-corrected chi connectivity index (χ1v) is 21.5. The van der Waals surface area contributed by atoms with Crippen LogP contribution in [0.5, 0.6) is 0 Å². The molecular formula is C61H42N2. The number of benzene rings is 10. The van der Waals surface area contributed by atoms with Gasteiger partial charge in [-0.1, -0.05) is 237 Å². The van der Waals surface area contributed by atoms with Crippen molar-refractivity contribution in [2.24, 2.45) is 4.99 Å². The summed E-state index contributed by atoms with van der Waals surface area (Å²) in [7, 11) is 0. The molecule has 63 heavy (non-hydrogen) atoms. The van der Waals surface area contributed by atoms with Gasteiger partial charge in [-0.05, 0) is 94.9 Å². The third-order valence-electron chi connectivity index (χ3n) is 12.7. The molecule has 1 N–H and O–H groups in total. The van der Waals surface area contributed by atoms with Gasteiger partial charge in [0.25, 0.3) is 0 Å². The Hall–Kier alpha value is -8.20. The number of amidine groups is 1. The zero-order valence-electron chi connectivity index (χ0n) is 34.6. The lowest BCUT2D eigenvalue weighted by Gasteiger charge is -2.34. The topological polar surface area (TPSA) is 36.2 Å². The molecule has 2 heteroatoms. The highest BCUT2D eigenvalue weighted by Gasteiger charge is 2.46. The van der Waals surface area contributed by atoms with Crippen molar-refractivity contribution >= 4 is 39.2 Å². The van der Waals surface area contributed by atoms with Crippen LogP contribution in [0.3, 0.4) is 0 Å². The van der Waals surface area contributed by atoms with Gasteiger partial charge in [-0.15, -0.1) is 0 Å². The number of hydrogen-bond acceptors (Lipinski definition) is 1. The van der Waals surface area contributed by atoms with Crippen molar-refractivity contribution in [1.29, 1.82) is 5.41 Å². The van der Waals surface area contributed by atoms with Gasteiger partial charge < -0.3 is 0 Å². The number of rotatable bonds is 8. The van der Waals surface area contributed by atoms with E-state index in [9.17, 15) is 0 Å². The Morgan fingerprint density at radius 1 is 0.413 bits per heavy atom. The molecule has 0 saturated carbocycles. The molecule has 0 spiro atoms. The minimum Gasteiger partial charge on any atom is -0.282 e. The van der Waals surface area contributed by atoms with E-state index in [0.717, 1.165) is 38.9 Å². The largest absolute Gasteiger partial charge is 0.282 e. The first-order valence-electron chi connectivity index (χ1n) is 21.5. The van der Waals surface area contributed by atoms with Crippen molar-refractivity contribution in [3.8, 4) is 33.4 Å². The molecule has 1 aliphatic carbocycles. The van der Waals surface area contributed by atoms with Crippen LogP contribution in [0.15, 0.2) is 248 Å². The summed E-state index contributed by atoms with van der Waals surface area (Å²) in [6, 6.07) is 84.4. The lowest BCUT2D eigenvalue weighted by Crippen LogP contribution is -2.28. The van der Waals surface area contributed by atoms with Crippen LogP contribution < -0.4 is 0 Å². The number of nitrogens with zero attached hydrogens (tertiary/aromatic N) is 1. The minimum atomic E-state index is -0.482. The van der Waals surface area contributed by atoms with Crippen LogP contribution >= 0.6 is 0 Å². The fourth-order valence-corrected chi connectivity index (χ4v) is 9.76. The molecule has 0 radical (unpaired) electrons. The normalized spacial score (nSPS) is 13.0. The second kappa shape index (κ2) is 16.0. The second-order valence-electron chi connectivity index (χ2n) is 16.2. The maximum absolute atomic E-state index is 8.97. The van der Waals surface area contributed by atoms with Crippen molar-refractivity contribution < 1.29 is 0 Å². The quantitative estimate of drug-likeness (QED) is 0.117. The number of allylic oxidation sites excluding steroid dienone is 1. The molecule has 0 amide bonds. The van der Waals surface area contributed by atoms with Gasteiger partial charge in [0.15, 0.2) is 5.84 Å². The Kier molecular flexibility index (Phi) is 9.60. The van der Waals surface area contributed by atoms with Gasteiger partial charge in [0.2, 0.25) is 0 Å². The fraction of sp³-hybridized carbons (Fsp3) is 0.0164. The highest BCUT2D eigenvalue weighted by atomic mass is 14.8. The lowest BCUT2D eigenvalue weighted by atomic mass is 9.67. The zero-order valence-corrected chi connectivity index (χ0v) is 34.6. The predicted octanol–water partition coefficient (Wildman–Crippen LogP) is 15.2. The molecule has 2 nitrogen and oxygen atoms in total. The van der Waals surface area contributed by atoms with Crippen molar-refractivity contribution in [3.05, 3.63) is 282 Å². The van der Waals surface area contributed by atoms with Crippen LogP contribution in [0, 0.1) is 5.41 Å². The fourth-order valence-electron chi connectivity index (χ4n) is 9.76. The number of nitrogens with one attached hydrogen (secondary N) is 1. The standard InChI is InChI=1S/C61H42N2/c62-60(47-20-7-2-8-21-47)63-58(46-31-29-43(30-32-46)42-17-5-1-6-18-42)40-36-45-33-37-52(54-28-16-15-26-51(45)54)48-35-38-56-55(41-48)59-53-27-14-13-19-44(53)34-39-57(59)61(56,49-22-9-3-10-23-49)50-24-11-4-12-25-50/h1-41,62H/b40-36+,62-60?,63-58?. The van der Waals surface area contributed by atoms with Gasteiger partial charge in [-0.3, -0.25) is 5.41 Å². The molecule has 10 aromatic rings. The molecule has 1 aliphatic rings. The van der Waals surface area contributed by atoms with E-state index in [1.807, 2.05) is 36.4 Å². The van der Waals surface area contributed by atoms with E-state index in [1.54, 1.807) is 0 Å². The molecule has 10 aromatic carbocycles. The van der Waals surface area contributed by atoms with Crippen LogP contribution in [0.4, 0.5) is 0 Å². The van der Waals surface area contributed by atoms with E-state index in [4.69, 9.17) is 10.4 Å². The number of fused-ring (bicyclic) bond motifs is 6. The Morgan fingerprint density at radius 2 is 0.968 bits per heavy atom. The lowest BCUT2D eigenvalue weighted by molar-refractivity contribution is 0.769. The molecule has 0 fully saturated rings. The molecule has 0 aliphatic heterocycles. The third-order valence-corrected chi connectivity index (χ3v) is 12.7.